The van der Waals surface area contributed by atoms with Gasteiger partial charge in [-0.1, -0.05) is 29.3 Å². The molecule has 1 N–H and O–H groups in total. The summed E-state index contributed by atoms with van der Waals surface area (Å²) in [6.45, 7) is 3.43. The van der Waals surface area contributed by atoms with Gasteiger partial charge in [-0.25, -0.2) is 9.48 Å². The molecule has 0 saturated heterocycles. The van der Waals surface area contributed by atoms with Crippen LogP contribution < -0.4 is 5.43 Å². The number of halogens is 5. The number of carboxylic acid groups (broad SMARTS) is 1. The summed E-state index contributed by atoms with van der Waals surface area (Å²) in [6.07, 6.45) is -3.74. The number of aromatic nitrogens is 3. The average Bonchev–Trinajstić information content (AvgIpc) is 3.13. The van der Waals surface area contributed by atoms with Crippen LogP contribution in [0.1, 0.15) is 28.7 Å². The van der Waals surface area contributed by atoms with E-state index >= 15 is 0 Å². The minimum absolute atomic E-state index is 0.0676. The van der Waals surface area contributed by atoms with Crippen molar-refractivity contribution in [2.45, 2.75) is 26.6 Å². The molecule has 0 saturated carbocycles. The summed E-state index contributed by atoms with van der Waals surface area (Å²) in [5, 5.41) is 13.6. The molecule has 0 amide bonds. The minimum atomic E-state index is -4.71. The van der Waals surface area contributed by atoms with E-state index in [-0.39, 0.29) is 33.7 Å². The third kappa shape index (κ3) is 3.70. The maximum Gasteiger partial charge on any atom is 0.435 e. The van der Waals surface area contributed by atoms with Crippen molar-refractivity contribution < 1.29 is 23.1 Å². The lowest BCUT2D eigenvalue weighted by Crippen LogP contribution is -2.28. The van der Waals surface area contributed by atoms with Crippen molar-refractivity contribution in [1.82, 2.24) is 14.3 Å². The number of aromatic carboxylic acids is 1. The summed E-state index contributed by atoms with van der Waals surface area (Å²) in [4.78, 5) is 25.1. The molecule has 1 aromatic carbocycles. The molecule has 0 aliphatic heterocycles. The molecule has 0 atom stereocenters. The Bertz CT molecular complexity index is 1220. The van der Waals surface area contributed by atoms with Gasteiger partial charge in [-0.2, -0.15) is 18.3 Å². The summed E-state index contributed by atoms with van der Waals surface area (Å²) < 4.78 is 41.1. The first-order valence-electron chi connectivity index (χ1n) is 8.56. The van der Waals surface area contributed by atoms with Gasteiger partial charge in [-0.3, -0.25) is 4.79 Å². The number of nitrogens with zero attached hydrogens (tertiary/aromatic N) is 3. The van der Waals surface area contributed by atoms with E-state index in [9.17, 15) is 27.9 Å². The molecule has 0 fully saturated rings. The molecule has 0 aliphatic rings. The Morgan fingerprint density at radius 1 is 1.20 bits per heavy atom. The normalized spacial score (nSPS) is 11.7. The van der Waals surface area contributed by atoms with E-state index in [4.69, 9.17) is 23.2 Å². The summed E-state index contributed by atoms with van der Waals surface area (Å²) in [7, 11) is 0. The van der Waals surface area contributed by atoms with Crippen molar-refractivity contribution in [2.75, 3.05) is 0 Å². The highest BCUT2D eigenvalue weighted by Crippen LogP contribution is 2.32. The highest BCUT2D eigenvalue weighted by Gasteiger charge is 2.34. The fourth-order valence-corrected chi connectivity index (χ4v) is 3.53. The van der Waals surface area contributed by atoms with Crippen LogP contribution in [-0.4, -0.2) is 25.4 Å². The van der Waals surface area contributed by atoms with Crippen LogP contribution in [0.25, 0.3) is 16.9 Å². The number of pyridine rings is 1. The lowest BCUT2D eigenvalue weighted by molar-refractivity contribution is -0.141. The van der Waals surface area contributed by atoms with E-state index in [2.05, 4.69) is 5.10 Å². The largest absolute Gasteiger partial charge is 0.477 e. The highest BCUT2D eigenvalue weighted by molar-refractivity contribution is 6.42. The third-order valence-electron chi connectivity index (χ3n) is 4.53. The molecule has 3 rings (SSSR count). The Morgan fingerprint density at radius 2 is 1.87 bits per heavy atom. The van der Waals surface area contributed by atoms with Crippen LogP contribution in [0.4, 0.5) is 13.2 Å². The molecule has 0 bridgehead atoms. The molecule has 0 unspecified atom stereocenters. The number of carbonyl (C=O) groups is 1. The molecule has 0 spiro atoms. The van der Waals surface area contributed by atoms with Crippen LogP contribution in [0.2, 0.25) is 10.0 Å². The molecule has 11 heteroatoms. The van der Waals surface area contributed by atoms with Crippen LogP contribution in [0.15, 0.2) is 35.3 Å². The standard InChI is InChI=1S/C19H14Cl2F3N3O3/c1-3-26-9(2)15(27-7-6-13(25-27)19(22,23)24)17(28)14(18(29)30)16(26)10-4-5-11(20)12(21)8-10/h4-8H,3H2,1-2H3,(H,29,30). The monoisotopic (exact) mass is 459 g/mol. The van der Waals surface area contributed by atoms with Crippen molar-refractivity contribution in [3.63, 3.8) is 0 Å². The highest BCUT2D eigenvalue weighted by atomic mass is 35.5. The van der Waals surface area contributed by atoms with Gasteiger partial charge in [0, 0.05) is 24.0 Å². The fourth-order valence-electron chi connectivity index (χ4n) is 3.23. The lowest BCUT2D eigenvalue weighted by atomic mass is 10.0. The van der Waals surface area contributed by atoms with Crippen molar-refractivity contribution in [2.24, 2.45) is 0 Å². The summed E-state index contributed by atoms with van der Waals surface area (Å²) >= 11 is 12.0. The minimum Gasteiger partial charge on any atom is -0.477 e. The summed E-state index contributed by atoms with van der Waals surface area (Å²) in [5.74, 6) is -1.53. The van der Waals surface area contributed by atoms with Gasteiger partial charge in [0.1, 0.15) is 11.3 Å². The van der Waals surface area contributed by atoms with Gasteiger partial charge in [-0.15, -0.1) is 0 Å². The Labute approximate surface area is 178 Å². The van der Waals surface area contributed by atoms with Crippen molar-refractivity contribution >= 4 is 29.2 Å². The van der Waals surface area contributed by atoms with Crippen LogP contribution >= 0.6 is 23.2 Å². The second kappa shape index (κ2) is 7.81. The predicted molar refractivity (Wildman–Crippen MR) is 106 cm³/mol. The zero-order chi connectivity index (χ0) is 22.4. The molecule has 2 aromatic heterocycles. The summed E-state index contributed by atoms with van der Waals surface area (Å²) in [6, 6.07) is 5.10. The third-order valence-corrected chi connectivity index (χ3v) is 5.27. The van der Waals surface area contributed by atoms with Gasteiger partial charge < -0.3 is 9.67 Å². The van der Waals surface area contributed by atoms with Crippen LogP contribution in [0, 0.1) is 6.92 Å². The maximum atomic E-state index is 13.1. The van der Waals surface area contributed by atoms with Gasteiger partial charge in [0.2, 0.25) is 5.43 Å². The van der Waals surface area contributed by atoms with Gasteiger partial charge in [0.25, 0.3) is 0 Å². The quantitative estimate of drug-likeness (QED) is 0.591. The molecule has 158 valence electrons. The Balaban J connectivity index is 2.40. The summed E-state index contributed by atoms with van der Waals surface area (Å²) in [5.41, 5.74) is -2.43. The van der Waals surface area contributed by atoms with E-state index in [0.717, 1.165) is 10.9 Å². The fraction of sp³-hybridized carbons (Fsp3) is 0.211. The lowest BCUT2D eigenvalue weighted by Gasteiger charge is -2.21. The van der Waals surface area contributed by atoms with Crippen molar-refractivity contribution in [1.29, 1.82) is 0 Å². The number of hydrogen-bond acceptors (Lipinski definition) is 3. The predicted octanol–water partition coefficient (Wildman–Crippen LogP) is 5.05. The van der Waals surface area contributed by atoms with Gasteiger partial charge in [0.15, 0.2) is 5.69 Å². The first-order valence-corrected chi connectivity index (χ1v) is 9.32. The zero-order valence-electron chi connectivity index (χ0n) is 15.6. The Morgan fingerprint density at radius 3 is 2.37 bits per heavy atom. The van der Waals surface area contributed by atoms with E-state index in [1.807, 2.05) is 0 Å². The van der Waals surface area contributed by atoms with Crippen LogP contribution in [-0.2, 0) is 12.7 Å². The molecule has 3 aromatic rings. The second-order valence-electron chi connectivity index (χ2n) is 6.31. The van der Waals surface area contributed by atoms with Gasteiger partial charge >= 0.3 is 12.1 Å². The van der Waals surface area contributed by atoms with Crippen LogP contribution in [0.5, 0.6) is 0 Å². The first kappa shape index (κ1) is 21.9. The SMILES string of the molecule is CCn1c(C)c(-n2ccc(C(F)(F)F)n2)c(=O)c(C(=O)O)c1-c1ccc(Cl)c(Cl)c1. The molecule has 6 nitrogen and oxygen atoms in total. The number of carboxylic acids is 1. The first-order chi connectivity index (χ1) is 14.0. The second-order valence-corrected chi connectivity index (χ2v) is 7.12. The smallest absolute Gasteiger partial charge is 0.435 e. The number of rotatable bonds is 4. The molecule has 30 heavy (non-hydrogen) atoms. The number of hydrogen-bond donors (Lipinski definition) is 1. The maximum absolute atomic E-state index is 13.1. The molecule has 0 aliphatic carbocycles. The van der Waals surface area contributed by atoms with E-state index in [1.54, 1.807) is 6.92 Å². The Hall–Kier alpha value is -2.78. The number of alkyl halides is 3. The van der Waals surface area contributed by atoms with E-state index in [0.29, 0.717) is 11.6 Å². The molecule has 2 heterocycles. The Kier molecular flexibility index (Phi) is 5.70. The van der Waals surface area contributed by atoms with Crippen molar-refractivity contribution in [3.05, 3.63) is 67.7 Å². The van der Waals surface area contributed by atoms with Crippen molar-refractivity contribution in [3.8, 4) is 16.9 Å². The van der Waals surface area contributed by atoms with E-state index < -0.39 is 28.8 Å². The number of benzene rings is 1. The molecular weight excluding hydrogens is 446 g/mol. The average molecular weight is 460 g/mol. The van der Waals surface area contributed by atoms with Crippen LogP contribution in [0.3, 0.4) is 0 Å². The zero-order valence-corrected chi connectivity index (χ0v) is 17.1. The van der Waals surface area contributed by atoms with Gasteiger partial charge in [-0.05, 0) is 32.0 Å². The molecular formula is C19H14Cl2F3N3O3. The van der Waals surface area contributed by atoms with Gasteiger partial charge in [0.05, 0.1) is 15.7 Å². The van der Waals surface area contributed by atoms with E-state index in [1.165, 1.54) is 29.7 Å². The molecule has 0 radical (unpaired) electrons. The topological polar surface area (TPSA) is 77.1 Å².